The van der Waals surface area contributed by atoms with Crippen LogP contribution in [-0.2, 0) is 4.79 Å². The topological polar surface area (TPSA) is 32.3 Å². The first-order valence-corrected chi connectivity index (χ1v) is 6.58. The summed E-state index contributed by atoms with van der Waals surface area (Å²) >= 11 is 0. The molecule has 2 unspecified atom stereocenters. The molecular weight excluding hydrogens is 200 g/mol. The maximum Gasteiger partial charge on any atom is 0.222 e. The van der Waals surface area contributed by atoms with E-state index < -0.39 is 0 Å². The minimum absolute atomic E-state index is 0.236. The van der Waals surface area contributed by atoms with Gasteiger partial charge in [0.05, 0.1) is 0 Å². The third kappa shape index (κ3) is 4.12. The van der Waals surface area contributed by atoms with Gasteiger partial charge < -0.3 is 10.2 Å². The molecule has 1 N–H and O–H groups in total. The SMILES string of the molecule is CCC1CCCC1NCCCC(=O)N(C)C. The fourth-order valence-electron chi connectivity index (χ4n) is 2.54. The van der Waals surface area contributed by atoms with Crippen LogP contribution in [0.25, 0.3) is 0 Å². The zero-order chi connectivity index (χ0) is 12.0. The highest BCUT2D eigenvalue weighted by Crippen LogP contribution is 2.27. The molecule has 0 radical (unpaired) electrons. The Morgan fingerprint density at radius 2 is 2.12 bits per heavy atom. The Morgan fingerprint density at radius 1 is 1.38 bits per heavy atom. The number of hydrogen-bond donors (Lipinski definition) is 1. The lowest BCUT2D eigenvalue weighted by atomic mass is 10.0. The van der Waals surface area contributed by atoms with Crippen molar-refractivity contribution in [3.05, 3.63) is 0 Å². The molecule has 0 aliphatic heterocycles. The molecule has 0 saturated heterocycles. The van der Waals surface area contributed by atoms with Gasteiger partial charge in [-0.1, -0.05) is 19.8 Å². The quantitative estimate of drug-likeness (QED) is 0.703. The molecule has 0 aromatic heterocycles. The average Bonchev–Trinajstić information content (AvgIpc) is 2.71. The van der Waals surface area contributed by atoms with Crippen molar-refractivity contribution in [2.24, 2.45) is 5.92 Å². The summed E-state index contributed by atoms with van der Waals surface area (Å²) in [4.78, 5) is 13.0. The van der Waals surface area contributed by atoms with Crippen molar-refractivity contribution in [1.29, 1.82) is 0 Å². The monoisotopic (exact) mass is 226 g/mol. The van der Waals surface area contributed by atoms with E-state index in [4.69, 9.17) is 0 Å². The Morgan fingerprint density at radius 3 is 2.75 bits per heavy atom. The van der Waals surface area contributed by atoms with Gasteiger partial charge in [0.15, 0.2) is 0 Å². The summed E-state index contributed by atoms with van der Waals surface area (Å²) in [7, 11) is 3.64. The Balaban J connectivity index is 2.09. The second-order valence-electron chi connectivity index (χ2n) is 5.05. The van der Waals surface area contributed by atoms with Gasteiger partial charge in [-0.25, -0.2) is 0 Å². The number of amides is 1. The Labute approximate surface area is 99.6 Å². The molecule has 0 bridgehead atoms. The highest BCUT2D eigenvalue weighted by atomic mass is 16.2. The van der Waals surface area contributed by atoms with Gasteiger partial charge in [0.2, 0.25) is 5.91 Å². The van der Waals surface area contributed by atoms with Gasteiger partial charge in [0.1, 0.15) is 0 Å². The Bertz CT molecular complexity index is 216. The molecule has 1 rings (SSSR count). The fourth-order valence-corrected chi connectivity index (χ4v) is 2.54. The van der Waals surface area contributed by atoms with Crippen molar-refractivity contribution >= 4 is 5.91 Å². The van der Waals surface area contributed by atoms with Crippen molar-refractivity contribution in [2.75, 3.05) is 20.6 Å². The number of rotatable bonds is 6. The van der Waals surface area contributed by atoms with Crippen LogP contribution in [0.1, 0.15) is 45.4 Å². The zero-order valence-electron chi connectivity index (χ0n) is 11.0. The minimum Gasteiger partial charge on any atom is -0.349 e. The molecule has 0 aromatic carbocycles. The first kappa shape index (κ1) is 13.5. The highest BCUT2D eigenvalue weighted by molar-refractivity contribution is 5.75. The third-order valence-corrected chi connectivity index (χ3v) is 3.66. The number of nitrogens with one attached hydrogen (secondary N) is 1. The molecule has 1 saturated carbocycles. The second kappa shape index (κ2) is 6.89. The summed E-state index contributed by atoms with van der Waals surface area (Å²) in [6.07, 6.45) is 6.99. The molecule has 1 fully saturated rings. The van der Waals surface area contributed by atoms with Gasteiger partial charge >= 0.3 is 0 Å². The zero-order valence-corrected chi connectivity index (χ0v) is 11.0. The first-order valence-electron chi connectivity index (χ1n) is 6.58. The predicted molar refractivity (Wildman–Crippen MR) is 67.4 cm³/mol. The van der Waals surface area contributed by atoms with E-state index in [1.54, 1.807) is 4.90 Å². The largest absolute Gasteiger partial charge is 0.349 e. The predicted octanol–water partition coefficient (Wildman–Crippen LogP) is 2.02. The molecule has 2 atom stereocenters. The van der Waals surface area contributed by atoms with E-state index in [0.717, 1.165) is 18.9 Å². The Hall–Kier alpha value is -0.570. The molecule has 1 aliphatic carbocycles. The molecule has 0 heterocycles. The van der Waals surface area contributed by atoms with Crippen molar-refractivity contribution < 1.29 is 4.79 Å². The van der Waals surface area contributed by atoms with E-state index in [2.05, 4.69) is 12.2 Å². The molecule has 94 valence electrons. The highest BCUT2D eigenvalue weighted by Gasteiger charge is 2.24. The van der Waals surface area contributed by atoms with Crippen molar-refractivity contribution in [3.63, 3.8) is 0 Å². The van der Waals surface area contributed by atoms with Crippen LogP contribution in [0.5, 0.6) is 0 Å². The van der Waals surface area contributed by atoms with Crippen LogP contribution >= 0.6 is 0 Å². The van der Waals surface area contributed by atoms with Gasteiger partial charge in [-0.2, -0.15) is 0 Å². The maximum atomic E-state index is 11.4. The summed E-state index contributed by atoms with van der Waals surface area (Å²) in [5.74, 6) is 1.10. The van der Waals surface area contributed by atoms with Crippen LogP contribution in [0.15, 0.2) is 0 Å². The molecular formula is C13H26N2O. The van der Waals surface area contributed by atoms with E-state index in [9.17, 15) is 4.79 Å². The summed E-state index contributed by atoms with van der Waals surface area (Å²) < 4.78 is 0. The molecule has 1 aliphatic rings. The smallest absolute Gasteiger partial charge is 0.222 e. The van der Waals surface area contributed by atoms with Crippen LogP contribution in [0.3, 0.4) is 0 Å². The Kier molecular flexibility index (Phi) is 5.81. The number of carbonyl (C=O) groups excluding carboxylic acids is 1. The van der Waals surface area contributed by atoms with Gasteiger partial charge in [-0.05, 0) is 31.7 Å². The number of hydrogen-bond acceptors (Lipinski definition) is 2. The fraction of sp³-hybridized carbons (Fsp3) is 0.923. The molecule has 1 amide bonds. The van der Waals surface area contributed by atoms with E-state index in [0.29, 0.717) is 12.5 Å². The average molecular weight is 226 g/mol. The lowest BCUT2D eigenvalue weighted by Gasteiger charge is -2.19. The minimum atomic E-state index is 0.236. The van der Waals surface area contributed by atoms with Crippen LogP contribution < -0.4 is 5.32 Å². The molecule has 0 aromatic rings. The third-order valence-electron chi connectivity index (χ3n) is 3.66. The summed E-state index contributed by atoms with van der Waals surface area (Å²) in [6.45, 7) is 3.26. The molecule has 16 heavy (non-hydrogen) atoms. The molecule has 0 spiro atoms. The van der Waals surface area contributed by atoms with Crippen molar-refractivity contribution in [1.82, 2.24) is 10.2 Å². The second-order valence-corrected chi connectivity index (χ2v) is 5.05. The standard InChI is InChI=1S/C13H26N2O/c1-4-11-7-5-8-12(11)14-10-6-9-13(16)15(2)3/h11-12,14H,4-10H2,1-3H3. The lowest BCUT2D eigenvalue weighted by Crippen LogP contribution is -2.33. The van der Waals surface area contributed by atoms with Crippen LogP contribution in [0.2, 0.25) is 0 Å². The summed E-state index contributed by atoms with van der Waals surface area (Å²) in [5.41, 5.74) is 0. The van der Waals surface area contributed by atoms with Gasteiger partial charge in [0, 0.05) is 26.6 Å². The van der Waals surface area contributed by atoms with Crippen LogP contribution in [-0.4, -0.2) is 37.5 Å². The summed E-state index contributed by atoms with van der Waals surface area (Å²) in [6, 6.07) is 0.708. The lowest BCUT2D eigenvalue weighted by molar-refractivity contribution is -0.128. The summed E-state index contributed by atoms with van der Waals surface area (Å²) in [5, 5.41) is 3.61. The van der Waals surface area contributed by atoms with Crippen LogP contribution in [0.4, 0.5) is 0 Å². The maximum absolute atomic E-state index is 11.4. The van der Waals surface area contributed by atoms with E-state index >= 15 is 0 Å². The molecule has 3 heteroatoms. The van der Waals surface area contributed by atoms with Crippen LogP contribution in [0, 0.1) is 5.92 Å². The van der Waals surface area contributed by atoms with Crippen molar-refractivity contribution in [3.8, 4) is 0 Å². The normalized spacial score (nSPS) is 24.7. The number of carbonyl (C=O) groups is 1. The van der Waals surface area contributed by atoms with Gasteiger partial charge in [0.25, 0.3) is 0 Å². The van der Waals surface area contributed by atoms with Gasteiger partial charge in [-0.3, -0.25) is 4.79 Å². The van der Waals surface area contributed by atoms with E-state index in [1.165, 1.54) is 25.7 Å². The molecule has 3 nitrogen and oxygen atoms in total. The van der Waals surface area contributed by atoms with Gasteiger partial charge in [-0.15, -0.1) is 0 Å². The van der Waals surface area contributed by atoms with E-state index in [-0.39, 0.29) is 5.91 Å². The first-order chi connectivity index (χ1) is 7.65. The van der Waals surface area contributed by atoms with Crippen molar-refractivity contribution in [2.45, 2.75) is 51.5 Å². The number of nitrogens with zero attached hydrogens (tertiary/aromatic N) is 1. The van der Waals surface area contributed by atoms with E-state index in [1.807, 2.05) is 14.1 Å².